The highest BCUT2D eigenvalue weighted by Crippen LogP contribution is 2.38. The van der Waals surface area contributed by atoms with Crippen LogP contribution >= 0.6 is 7.82 Å². The number of carbonyl (C=O) groups is 1. The predicted octanol–water partition coefficient (Wildman–Crippen LogP) is 20.9. The summed E-state index contributed by atoms with van der Waals surface area (Å²) in [7, 11) is 1.25. The first-order valence-electron chi connectivity index (χ1n) is 33.7. The van der Waals surface area contributed by atoms with Gasteiger partial charge in [0.2, 0.25) is 5.91 Å². The number of aliphatic hydroxyl groups is 1. The number of aliphatic hydroxyl groups excluding tert-OH is 1. The maximum Gasteiger partial charge on any atom is 0.268 e. The van der Waals surface area contributed by atoms with Crippen LogP contribution in [-0.2, 0) is 18.4 Å². The van der Waals surface area contributed by atoms with E-state index in [1.165, 1.54) is 173 Å². The Morgan fingerprint density at radius 1 is 0.444 bits per heavy atom. The molecule has 2 N–H and O–H groups in total. The van der Waals surface area contributed by atoms with Crippen LogP contribution in [0.4, 0.5) is 0 Å². The van der Waals surface area contributed by atoms with Gasteiger partial charge in [-0.1, -0.05) is 309 Å². The number of carbonyl (C=O) groups excluding carboxylic acids is 1. The van der Waals surface area contributed by atoms with E-state index in [9.17, 15) is 19.4 Å². The molecule has 0 aromatic carbocycles. The second-order valence-electron chi connectivity index (χ2n) is 23.8. The van der Waals surface area contributed by atoms with Crippen LogP contribution in [0.1, 0.15) is 290 Å². The second kappa shape index (κ2) is 61.7. The zero-order valence-corrected chi connectivity index (χ0v) is 54.4. The van der Waals surface area contributed by atoms with Crippen molar-refractivity contribution in [2.45, 2.75) is 302 Å². The smallest absolute Gasteiger partial charge is 0.268 e. The summed E-state index contributed by atoms with van der Waals surface area (Å²) in [6, 6.07) is -0.897. The third kappa shape index (κ3) is 64.6. The quantitative estimate of drug-likeness (QED) is 0.0272. The molecule has 0 bridgehead atoms. The predicted molar refractivity (Wildman–Crippen MR) is 352 cm³/mol. The molecule has 8 nitrogen and oxygen atoms in total. The fraction of sp³-hybridized carbons (Fsp3) is 0.736. The van der Waals surface area contributed by atoms with Gasteiger partial charge in [0.1, 0.15) is 13.2 Å². The Balaban J connectivity index is 4.15. The Labute approximate surface area is 501 Å². The number of hydrogen-bond acceptors (Lipinski definition) is 6. The number of unbranched alkanes of at least 4 members (excludes halogenated alkanes) is 32. The van der Waals surface area contributed by atoms with Crippen LogP contribution in [0.5, 0.6) is 0 Å². The van der Waals surface area contributed by atoms with Gasteiger partial charge in [-0.05, 0) is 83.5 Å². The number of hydrogen-bond donors (Lipinski definition) is 2. The summed E-state index contributed by atoms with van der Waals surface area (Å²) in [5.41, 5.74) is 0. The van der Waals surface area contributed by atoms with Crippen molar-refractivity contribution in [1.29, 1.82) is 0 Å². The van der Waals surface area contributed by atoms with Crippen molar-refractivity contribution in [3.05, 3.63) is 109 Å². The Kier molecular flexibility index (Phi) is 59.5. The molecule has 468 valence electrons. The minimum absolute atomic E-state index is 0.00605. The molecule has 0 aliphatic rings. The van der Waals surface area contributed by atoms with E-state index in [1.54, 1.807) is 6.08 Å². The lowest BCUT2D eigenvalue weighted by atomic mass is 10.0. The molecule has 81 heavy (non-hydrogen) atoms. The van der Waals surface area contributed by atoms with E-state index in [1.807, 2.05) is 27.2 Å². The van der Waals surface area contributed by atoms with Gasteiger partial charge in [-0.2, -0.15) is 0 Å². The van der Waals surface area contributed by atoms with Crippen LogP contribution in [-0.4, -0.2) is 68.5 Å². The standard InChI is InChI=1S/C72H129N2O6P/c1-6-8-10-12-14-16-18-20-22-24-26-28-30-32-33-34-35-36-37-38-39-40-41-42-44-46-48-50-52-54-56-58-60-62-64-66-72(76)73-70(69-80-81(77,78)79-68-67-74(3,4)5)71(75)65-63-61-59-57-55-53-51-49-47-45-43-31-29-27-25-23-21-19-17-15-13-11-9-7-2/h8,10,14,16,20,22,26,28,32-33,35-36,38-39,41-42,63,65,70-71,75H,6-7,9,11-13,15,17-19,21,23-25,27,29-31,34,37,40,43-62,64,66-69H2,1-5H3,(H-,73,76,77,78)/b10-8-,16-14-,22-20-,28-26-,33-32-,36-35-,39-38-,42-41-,65-63+. The summed E-state index contributed by atoms with van der Waals surface area (Å²) < 4.78 is 23.4. The summed E-state index contributed by atoms with van der Waals surface area (Å²) in [5, 5.41) is 14.0. The van der Waals surface area contributed by atoms with E-state index in [2.05, 4.69) is 116 Å². The third-order valence-electron chi connectivity index (χ3n) is 14.7. The van der Waals surface area contributed by atoms with Crippen molar-refractivity contribution in [2.75, 3.05) is 40.9 Å². The number of nitrogens with zero attached hydrogens (tertiary/aromatic N) is 1. The molecule has 1 amide bonds. The first kappa shape index (κ1) is 78.2. The summed E-state index contributed by atoms with van der Waals surface area (Å²) in [6.07, 6.45) is 90.4. The molecule has 0 aromatic rings. The molecular weight excluding hydrogens is 1020 g/mol. The van der Waals surface area contributed by atoms with Gasteiger partial charge in [-0.3, -0.25) is 9.36 Å². The normalized spacial score (nSPS) is 14.4. The summed E-state index contributed by atoms with van der Waals surface area (Å²) in [5.74, 6) is -0.203. The monoisotopic (exact) mass is 1150 g/mol. The molecule has 9 heteroatoms. The Bertz CT molecular complexity index is 1690. The lowest BCUT2D eigenvalue weighted by Crippen LogP contribution is -2.45. The van der Waals surface area contributed by atoms with Crippen LogP contribution in [0.15, 0.2) is 109 Å². The molecule has 0 aromatic heterocycles. The van der Waals surface area contributed by atoms with Crippen LogP contribution in [0.3, 0.4) is 0 Å². The number of quaternary nitrogens is 1. The van der Waals surface area contributed by atoms with E-state index in [0.717, 1.165) is 96.3 Å². The van der Waals surface area contributed by atoms with Gasteiger partial charge in [0.15, 0.2) is 0 Å². The zero-order chi connectivity index (χ0) is 59.1. The van der Waals surface area contributed by atoms with Gasteiger partial charge in [0.05, 0.1) is 39.9 Å². The SMILES string of the molecule is CC/C=C\C/C=C\C/C=C\C/C=C\C/C=C\C/C=C\C/C=C\C/C=C\CCCCCCCCCCCCC(=O)NC(COP(=O)([O-])OCC[N+](C)(C)C)C(O)/C=C/CCCCCCCCCCCCCCCCCCCCCCCC. The fourth-order valence-electron chi connectivity index (χ4n) is 9.52. The van der Waals surface area contributed by atoms with E-state index >= 15 is 0 Å². The Hall–Kier alpha value is -2.84. The number of nitrogens with one attached hydrogen (secondary N) is 1. The lowest BCUT2D eigenvalue weighted by molar-refractivity contribution is -0.870. The molecule has 0 radical (unpaired) electrons. The highest BCUT2D eigenvalue weighted by Gasteiger charge is 2.23. The van der Waals surface area contributed by atoms with Crippen LogP contribution in [0.2, 0.25) is 0 Å². The number of phosphoric acid groups is 1. The molecule has 0 fully saturated rings. The molecule has 0 rings (SSSR count). The zero-order valence-electron chi connectivity index (χ0n) is 53.5. The molecule has 0 aliphatic heterocycles. The van der Waals surface area contributed by atoms with Gasteiger partial charge >= 0.3 is 0 Å². The van der Waals surface area contributed by atoms with Gasteiger partial charge in [-0.25, -0.2) is 0 Å². The maximum atomic E-state index is 13.0. The van der Waals surface area contributed by atoms with Crippen molar-refractivity contribution in [3.8, 4) is 0 Å². The fourth-order valence-corrected chi connectivity index (χ4v) is 10.2. The Morgan fingerprint density at radius 2 is 0.753 bits per heavy atom. The van der Waals surface area contributed by atoms with Crippen molar-refractivity contribution in [3.63, 3.8) is 0 Å². The summed E-state index contributed by atoms with van der Waals surface area (Å²) in [6.45, 7) is 4.55. The molecule has 0 heterocycles. The van der Waals surface area contributed by atoms with Gasteiger partial charge in [-0.15, -0.1) is 0 Å². The number of likely N-dealkylation sites (N-methyl/N-ethyl adjacent to an activating group) is 1. The third-order valence-corrected chi connectivity index (χ3v) is 15.7. The second-order valence-corrected chi connectivity index (χ2v) is 25.2. The van der Waals surface area contributed by atoms with Crippen LogP contribution < -0.4 is 10.2 Å². The maximum absolute atomic E-state index is 13.0. The topological polar surface area (TPSA) is 108 Å². The molecule has 0 aliphatic carbocycles. The molecular formula is C72H129N2O6P. The number of phosphoric ester groups is 1. The number of amides is 1. The number of rotatable bonds is 61. The number of allylic oxidation sites excluding steroid dienone is 17. The molecule has 3 atom stereocenters. The average molecular weight is 1150 g/mol. The largest absolute Gasteiger partial charge is 0.756 e. The lowest BCUT2D eigenvalue weighted by Gasteiger charge is -2.29. The van der Waals surface area contributed by atoms with E-state index in [-0.39, 0.29) is 19.1 Å². The minimum atomic E-state index is -4.61. The van der Waals surface area contributed by atoms with E-state index < -0.39 is 20.0 Å². The van der Waals surface area contributed by atoms with Crippen molar-refractivity contribution in [1.82, 2.24) is 5.32 Å². The molecule has 0 spiro atoms. The van der Waals surface area contributed by atoms with Crippen molar-refractivity contribution in [2.24, 2.45) is 0 Å². The van der Waals surface area contributed by atoms with E-state index in [0.29, 0.717) is 17.4 Å². The minimum Gasteiger partial charge on any atom is -0.756 e. The van der Waals surface area contributed by atoms with Gasteiger partial charge in [0, 0.05) is 6.42 Å². The van der Waals surface area contributed by atoms with Crippen molar-refractivity contribution < 1.29 is 32.9 Å². The van der Waals surface area contributed by atoms with E-state index in [4.69, 9.17) is 9.05 Å². The highest BCUT2D eigenvalue weighted by molar-refractivity contribution is 7.45. The molecule has 0 saturated heterocycles. The first-order valence-corrected chi connectivity index (χ1v) is 35.2. The van der Waals surface area contributed by atoms with Crippen LogP contribution in [0, 0.1) is 0 Å². The van der Waals surface area contributed by atoms with Gasteiger partial charge < -0.3 is 28.8 Å². The average Bonchev–Trinajstić information content (AvgIpc) is 3.43. The summed E-state index contributed by atoms with van der Waals surface area (Å²) >= 11 is 0. The molecule has 0 saturated carbocycles. The van der Waals surface area contributed by atoms with Crippen LogP contribution in [0.25, 0.3) is 0 Å². The van der Waals surface area contributed by atoms with Gasteiger partial charge in [0.25, 0.3) is 7.82 Å². The first-order chi connectivity index (χ1) is 39.5. The Morgan fingerprint density at radius 3 is 1.10 bits per heavy atom. The van der Waals surface area contributed by atoms with Crippen molar-refractivity contribution >= 4 is 13.7 Å². The molecule has 3 unspecified atom stereocenters. The summed E-state index contributed by atoms with van der Waals surface area (Å²) in [4.78, 5) is 25.6. The highest BCUT2D eigenvalue weighted by atomic mass is 31.2.